The summed E-state index contributed by atoms with van der Waals surface area (Å²) >= 11 is 0. The highest BCUT2D eigenvalue weighted by atomic mass is 16.5. The largest absolute Gasteiger partial charge is 0.462 e. The minimum atomic E-state index is -0.311. The molecule has 0 atom stereocenters. The van der Waals surface area contributed by atoms with E-state index in [2.05, 4.69) is 41.6 Å². The predicted octanol–water partition coefficient (Wildman–Crippen LogP) is 5.02. The van der Waals surface area contributed by atoms with Crippen LogP contribution in [0.3, 0.4) is 0 Å². The van der Waals surface area contributed by atoms with E-state index in [1.807, 2.05) is 36.5 Å². The number of hydrogen-bond acceptors (Lipinski definition) is 3. The molecule has 132 valence electrons. The van der Waals surface area contributed by atoms with Gasteiger partial charge in [0, 0.05) is 28.9 Å². The maximum absolute atomic E-state index is 11.7. The lowest BCUT2D eigenvalue weighted by Gasteiger charge is -2.08. The van der Waals surface area contributed by atoms with E-state index < -0.39 is 0 Å². The molecule has 0 spiro atoms. The number of nitrogens with zero attached hydrogens (tertiary/aromatic N) is 2. The minimum Gasteiger partial charge on any atom is -0.462 e. The minimum absolute atomic E-state index is 0.311. The molecule has 0 saturated heterocycles. The van der Waals surface area contributed by atoms with Crippen molar-refractivity contribution in [2.45, 2.75) is 20.8 Å². The highest BCUT2D eigenvalue weighted by Gasteiger charge is 2.09. The summed E-state index contributed by atoms with van der Waals surface area (Å²) < 4.78 is 7.20. The lowest BCUT2D eigenvalue weighted by molar-refractivity contribution is 0.0526. The molecule has 1 aromatic heterocycles. The van der Waals surface area contributed by atoms with Crippen molar-refractivity contribution in [2.24, 2.45) is 4.99 Å². The Morgan fingerprint density at radius 1 is 1.08 bits per heavy atom. The molecule has 0 N–H and O–H groups in total. The number of benzene rings is 2. The van der Waals surface area contributed by atoms with Crippen LogP contribution in [0, 0.1) is 13.8 Å². The Bertz CT molecular complexity index is 923. The van der Waals surface area contributed by atoms with Gasteiger partial charge in [-0.15, -0.1) is 0 Å². The SMILES string of the molecule is CCOC(=O)c1ccc(N=Cc2cc(C)n(-c3ccccc3)c2C)cc1. The first-order valence-electron chi connectivity index (χ1n) is 8.65. The van der Waals surface area contributed by atoms with E-state index in [0.717, 1.165) is 28.3 Å². The Morgan fingerprint density at radius 2 is 1.77 bits per heavy atom. The van der Waals surface area contributed by atoms with Crippen LogP contribution in [0.15, 0.2) is 65.7 Å². The van der Waals surface area contributed by atoms with Crippen molar-refractivity contribution in [3.8, 4) is 5.69 Å². The van der Waals surface area contributed by atoms with E-state index in [-0.39, 0.29) is 5.97 Å². The van der Waals surface area contributed by atoms with Crippen LogP contribution >= 0.6 is 0 Å². The predicted molar refractivity (Wildman–Crippen MR) is 105 cm³/mol. The number of carbonyl (C=O) groups is 1. The number of aliphatic imine (C=N–C) groups is 1. The lowest BCUT2D eigenvalue weighted by atomic mass is 10.2. The number of rotatable bonds is 5. The van der Waals surface area contributed by atoms with E-state index in [0.29, 0.717) is 12.2 Å². The van der Waals surface area contributed by atoms with Crippen LogP contribution in [0.1, 0.15) is 34.2 Å². The number of hydrogen-bond donors (Lipinski definition) is 0. The van der Waals surface area contributed by atoms with Crippen molar-refractivity contribution >= 4 is 17.9 Å². The summed E-state index contributed by atoms with van der Waals surface area (Å²) in [5.74, 6) is -0.311. The average Bonchev–Trinajstić information content (AvgIpc) is 2.95. The second kappa shape index (κ2) is 7.83. The first-order valence-corrected chi connectivity index (χ1v) is 8.65. The van der Waals surface area contributed by atoms with Crippen LogP contribution in [0.4, 0.5) is 5.69 Å². The Labute approximate surface area is 153 Å². The highest BCUT2D eigenvalue weighted by Crippen LogP contribution is 2.21. The van der Waals surface area contributed by atoms with Crippen molar-refractivity contribution in [3.05, 3.63) is 83.2 Å². The van der Waals surface area contributed by atoms with Crippen molar-refractivity contribution in [2.75, 3.05) is 6.61 Å². The van der Waals surface area contributed by atoms with Crippen molar-refractivity contribution in [3.63, 3.8) is 0 Å². The van der Waals surface area contributed by atoms with Crippen LogP contribution in [0.25, 0.3) is 5.69 Å². The Morgan fingerprint density at radius 3 is 2.42 bits per heavy atom. The molecular weight excluding hydrogens is 324 g/mol. The summed E-state index contributed by atoms with van der Waals surface area (Å²) in [5.41, 5.74) is 5.84. The van der Waals surface area contributed by atoms with E-state index in [4.69, 9.17) is 4.74 Å². The number of aryl methyl sites for hydroxylation is 1. The molecule has 3 rings (SSSR count). The van der Waals surface area contributed by atoms with E-state index in [1.54, 1.807) is 19.1 Å². The lowest BCUT2D eigenvalue weighted by Crippen LogP contribution is -2.03. The number of para-hydroxylation sites is 1. The van der Waals surface area contributed by atoms with Crippen LogP contribution in [-0.4, -0.2) is 23.4 Å². The summed E-state index contributed by atoms with van der Waals surface area (Å²) in [6.45, 7) is 6.34. The quantitative estimate of drug-likeness (QED) is 0.481. The molecule has 0 aliphatic heterocycles. The molecule has 0 fully saturated rings. The zero-order valence-electron chi connectivity index (χ0n) is 15.3. The second-order valence-corrected chi connectivity index (χ2v) is 6.02. The smallest absolute Gasteiger partial charge is 0.338 e. The fourth-order valence-electron chi connectivity index (χ4n) is 2.93. The molecule has 0 amide bonds. The van der Waals surface area contributed by atoms with Gasteiger partial charge in [-0.2, -0.15) is 0 Å². The third-order valence-electron chi connectivity index (χ3n) is 4.22. The third-order valence-corrected chi connectivity index (χ3v) is 4.22. The second-order valence-electron chi connectivity index (χ2n) is 6.02. The van der Waals surface area contributed by atoms with E-state index in [1.165, 1.54) is 0 Å². The summed E-state index contributed by atoms with van der Waals surface area (Å²) in [7, 11) is 0. The Kier molecular flexibility index (Phi) is 5.32. The van der Waals surface area contributed by atoms with Crippen LogP contribution in [0.5, 0.6) is 0 Å². The average molecular weight is 346 g/mol. The van der Waals surface area contributed by atoms with Gasteiger partial charge in [0.05, 0.1) is 17.9 Å². The summed E-state index contributed by atoms with van der Waals surface area (Å²) in [5, 5.41) is 0. The first-order chi connectivity index (χ1) is 12.6. The fraction of sp³-hybridized carbons (Fsp3) is 0.182. The summed E-state index contributed by atoms with van der Waals surface area (Å²) in [6, 6.07) is 19.5. The van der Waals surface area contributed by atoms with Gasteiger partial charge in [-0.3, -0.25) is 4.99 Å². The summed E-state index contributed by atoms with van der Waals surface area (Å²) in [4.78, 5) is 16.2. The van der Waals surface area contributed by atoms with E-state index >= 15 is 0 Å². The van der Waals surface area contributed by atoms with Gasteiger partial charge in [0.2, 0.25) is 0 Å². The molecule has 3 aromatic rings. The Hall–Kier alpha value is -3.14. The zero-order valence-corrected chi connectivity index (χ0v) is 15.3. The Balaban J connectivity index is 1.82. The number of carbonyl (C=O) groups excluding carboxylic acids is 1. The van der Waals surface area contributed by atoms with Crippen molar-refractivity contribution < 1.29 is 9.53 Å². The van der Waals surface area contributed by atoms with Gasteiger partial charge >= 0.3 is 5.97 Å². The van der Waals surface area contributed by atoms with Gasteiger partial charge < -0.3 is 9.30 Å². The highest BCUT2D eigenvalue weighted by molar-refractivity contribution is 5.90. The van der Waals surface area contributed by atoms with Crippen LogP contribution in [-0.2, 0) is 4.74 Å². The number of ether oxygens (including phenoxy) is 1. The fourth-order valence-corrected chi connectivity index (χ4v) is 2.93. The molecule has 0 saturated carbocycles. The zero-order chi connectivity index (χ0) is 18.5. The number of esters is 1. The van der Waals surface area contributed by atoms with Gasteiger partial charge in [0.15, 0.2) is 0 Å². The normalized spacial score (nSPS) is 11.0. The van der Waals surface area contributed by atoms with Crippen LogP contribution in [0.2, 0.25) is 0 Å². The molecule has 0 bridgehead atoms. The monoisotopic (exact) mass is 346 g/mol. The molecule has 0 aliphatic carbocycles. The standard InChI is InChI=1S/C22H22N2O2/c1-4-26-22(25)18-10-12-20(13-11-18)23-15-19-14-16(2)24(17(19)3)21-8-6-5-7-9-21/h5-15H,4H2,1-3H3. The molecule has 4 nitrogen and oxygen atoms in total. The maximum Gasteiger partial charge on any atom is 0.338 e. The van der Waals surface area contributed by atoms with Crippen LogP contribution < -0.4 is 0 Å². The topological polar surface area (TPSA) is 43.6 Å². The first kappa shape index (κ1) is 17.7. The van der Waals surface area contributed by atoms with Gasteiger partial charge in [0.1, 0.15) is 0 Å². The molecular formula is C22H22N2O2. The molecule has 0 aliphatic rings. The molecule has 0 unspecified atom stereocenters. The van der Waals surface area contributed by atoms with Crippen molar-refractivity contribution in [1.29, 1.82) is 0 Å². The maximum atomic E-state index is 11.7. The van der Waals surface area contributed by atoms with Gasteiger partial charge in [0.25, 0.3) is 0 Å². The molecule has 4 heteroatoms. The molecule has 0 radical (unpaired) electrons. The molecule has 2 aromatic carbocycles. The third kappa shape index (κ3) is 3.75. The van der Waals surface area contributed by atoms with E-state index in [9.17, 15) is 4.79 Å². The van der Waals surface area contributed by atoms with Crippen molar-refractivity contribution in [1.82, 2.24) is 4.57 Å². The number of aromatic nitrogens is 1. The molecule has 1 heterocycles. The summed E-state index contributed by atoms with van der Waals surface area (Å²) in [6.07, 6.45) is 1.86. The van der Waals surface area contributed by atoms with Gasteiger partial charge in [-0.1, -0.05) is 18.2 Å². The van der Waals surface area contributed by atoms with Gasteiger partial charge in [-0.25, -0.2) is 4.79 Å². The molecule has 26 heavy (non-hydrogen) atoms. The van der Waals surface area contributed by atoms with Gasteiger partial charge in [-0.05, 0) is 63.2 Å².